The predicted molar refractivity (Wildman–Crippen MR) is 86.6 cm³/mol. The molecule has 1 unspecified atom stereocenters. The van der Waals surface area contributed by atoms with E-state index in [1.165, 1.54) is 16.8 Å². The first-order valence-electron chi connectivity index (χ1n) is 7.55. The van der Waals surface area contributed by atoms with Crippen LogP contribution in [0.2, 0.25) is 0 Å². The van der Waals surface area contributed by atoms with Crippen molar-refractivity contribution >= 4 is 16.7 Å². The molecule has 3 nitrogen and oxygen atoms in total. The van der Waals surface area contributed by atoms with Crippen LogP contribution in [0, 0.1) is 0 Å². The molecule has 1 atom stereocenters. The Morgan fingerprint density at radius 1 is 1.10 bits per heavy atom. The maximum atomic E-state index is 4.90. The van der Waals surface area contributed by atoms with Crippen molar-refractivity contribution in [3.05, 3.63) is 59.9 Å². The van der Waals surface area contributed by atoms with Crippen molar-refractivity contribution in [2.24, 2.45) is 0 Å². The van der Waals surface area contributed by atoms with Gasteiger partial charge in [0.25, 0.3) is 0 Å². The molecule has 1 aliphatic rings. The number of benzene rings is 2. The van der Waals surface area contributed by atoms with Gasteiger partial charge in [0.1, 0.15) is 5.82 Å². The van der Waals surface area contributed by atoms with Crippen molar-refractivity contribution < 1.29 is 0 Å². The molecule has 0 aliphatic carbocycles. The lowest BCUT2D eigenvalue weighted by atomic mass is 10.1. The fourth-order valence-corrected chi connectivity index (χ4v) is 3.31. The Morgan fingerprint density at radius 2 is 1.86 bits per heavy atom. The minimum absolute atomic E-state index is 0.261. The van der Waals surface area contributed by atoms with E-state index in [4.69, 9.17) is 4.98 Å². The fourth-order valence-electron chi connectivity index (χ4n) is 3.31. The number of imidazole rings is 1. The van der Waals surface area contributed by atoms with Crippen molar-refractivity contribution in [3.63, 3.8) is 0 Å². The lowest BCUT2D eigenvalue weighted by Gasteiger charge is -2.17. The third-order valence-corrected chi connectivity index (χ3v) is 4.22. The first kappa shape index (κ1) is 12.5. The van der Waals surface area contributed by atoms with Crippen LogP contribution in [0.15, 0.2) is 48.5 Å². The van der Waals surface area contributed by atoms with Crippen molar-refractivity contribution in [1.82, 2.24) is 9.55 Å². The van der Waals surface area contributed by atoms with Crippen molar-refractivity contribution in [2.75, 3.05) is 5.32 Å². The number of rotatable bonds is 2. The summed E-state index contributed by atoms with van der Waals surface area (Å²) in [5.74, 6) is 1.14. The number of anilines is 1. The zero-order chi connectivity index (χ0) is 14.4. The summed E-state index contributed by atoms with van der Waals surface area (Å²) in [5, 5.41) is 3.62. The predicted octanol–water partition coefficient (Wildman–Crippen LogP) is 4.33. The molecular weight excluding hydrogens is 258 g/mol. The first-order chi connectivity index (χ1) is 10.2. The maximum absolute atomic E-state index is 4.90. The van der Waals surface area contributed by atoms with E-state index in [2.05, 4.69) is 72.3 Å². The van der Waals surface area contributed by atoms with Gasteiger partial charge in [-0.15, -0.1) is 0 Å². The number of nitrogens with one attached hydrogen (secondary N) is 1. The molecule has 106 valence electrons. The molecule has 3 aromatic rings. The van der Waals surface area contributed by atoms with Crippen molar-refractivity contribution in [1.29, 1.82) is 0 Å². The Labute approximate surface area is 124 Å². The molecule has 0 radical (unpaired) electrons. The number of hydrogen-bond acceptors (Lipinski definition) is 2. The topological polar surface area (TPSA) is 29.9 Å². The summed E-state index contributed by atoms with van der Waals surface area (Å²) in [6, 6.07) is 17.6. The van der Waals surface area contributed by atoms with Crippen LogP contribution in [-0.4, -0.2) is 9.55 Å². The molecule has 0 amide bonds. The molecule has 21 heavy (non-hydrogen) atoms. The molecule has 0 saturated heterocycles. The van der Waals surface area contributed by atoms with E-state index in [0.717, 1.165) is 17.8 Å². The van der Waals surface area contributed by atoms with Crippen LogP contribution in [0.1, 0.15) is 37.3 Å². The second-order valence-electron chi connectivity index (χ2n) is 5.98. The molecule has 4 rings (SSSR count). The van der Waals surface area contributed by atoms with E-state index in [9.17, 15) is 0 Å². The second kappa shape index (κ2) is 4.62. The van der Waals surface area contributed by atoms with E-state index in [1.54, 1.807) is 0 Å². The summed E-state index contributed by atoms with van der Waals surface area (Å²) >= 11 is 0. The Morgan fingerprint density at radius 3 is 2.67 bits per heavy atom. The molecule has 1 aliphatic heterocycles. The van der Waals surface area contributed by atoms with E-state index in [-0.39, 0.29) is 6.04 Å². The smallest absolute Gasteiger partial charge is 0.133 e. The molecule has 2 aromatic carbocycles. The molecule has 1 N–H and O–H groups in total. The summed E-state index contributed by atoms with van der Waals surface area (Å²) in [5.41, 5.74) is 4.92. The van der Waals surface area contributed by atoms with Crippen LogP contribution < -0.4 is 5.32 Å². The largest absolute Gasteiger partial charge is 0.375 e. The van der Waals surface area contributed by atoms with Gasteiger partial charge in [0.2, 0.25) is 0 Å². The normalized spacial score (nSPS) is 17.2. The van der Waals surface area contributed by atoms with Gasteiger partial charge in [0.15, 0.2) is 0 Å². The lowest BCUT2D eigenvalue weighted by molar-refractivity contribution is 0.561. The lowest BCUT2D eigenvalue weighted by Crippen LogP contribution is -2.15. The summed E-state index contributed by atoms with van der Waals surface area (Å²) in [7, 11) is 0. The highest BCUT2D eigenvalue weighted by Crippen LogP contribution is 2.35. The summed E-state index contributed by atoms with van der Waals surface area (Å²) in [4.78, 5) is 4.90. The van der Waals surface area contributed by atoms with E-state index < -0.39 is 0 Å². The second-order valence-corrected chi connectivity index (χ2v) is 5.98. The molecule has 1 aromatic heterocycles. The minimum atomic E-state index is 0.261. The fraction of sp³-hybridized carbons (Fsp3) is 0.278. The standard InChI is InChI=1S/C18H19N3/c1-12(2)21-17-10-6-5-9-15(17)20-18(21)16-11-13-7-3-4-8-14(13)19-16/h3-10,12,16,19H,11H2,1-2H3. The van der Waals surface area contributed by atoms with Crippen LogP contribution >= 0.6 is 0 Å². The average Bonchev–Trinajstić information content (AvgIpc) is 3.08. The Bertz CT molecular complexity index is 776. The van der Waals surface area contributed by atoms with Crippen LogP contribution in [0.25, 0.3) is 11.0 Å². The quantitative estimate of drug-likeness (QED) is 0.755. The van der Waals surface area contributed by atoms with Gasteiger partial charge in [0, 0.05) is 18.2 Å². The van der Waals surface area contributed by atoms with E-state index >= 15 is 0 Å². The molecule has 0 bridgehead atoms. The summed E-state index contributed by atoms with van der Waals surface area (Å²) in [6.07, 6.45) is 1.01. The number of aromatic nitrogens is 2. The van der Waals surface area contributed by atoms with E-state index in [0.29, 0.717) is 6.04 Å². The van der Waals surface area contributed by atoms with Gasteiger partial charge in [-0.2, -0.15) is 0 Å². The Kier molecular flexibility index (Phi) is 2.74. The van der Waals surface area contributed by atoms with Crippen LogP contribution in [0.4, 0.5) is 5.69 Å². The third-order valence-electron chi connectivity index (χ3n) is 4.22. The summed E-state index contributed by atoms with van der Waals surface area (Å²) < 4.78 is 2.36. The molecular formula is C18H19N3. The van der Waals surface area contributed by atoms with Crippen LogP contribution in [0.5, 0.6) is 0 Å². The van der Waals surface area contributed by atoms with Crippen LogP contribution in [-0.2, 0) is 6.42 Å². The van der Waals surface area contributed by atoms with Gasteiger partial charge in [0.05, 0.1) is 17.1 Å². The first-order valence-corrected chi connectivity index (χ1v) is 7.55. The molecule has 0 fully saturated rings. The van der Waals surface area contributed by atoms with Gasteiger partial charge >= 0.3 is 0 Å². The van der Waals surface area contributed by atoms with Gasteiger partial charge < -0.3 is 9.88 Å². The van der Waals surface area contributed by atoms with Gasteiger partial charge in [-0.05, 0) is 37.6 Å². The highest BCUT2D eigenvalue weighted by molar-refractivity contribution is 5.76. The Balaban J connectivity index is 1.83. The molecule has 2 heterocycles. The van der Waals surface area contributed by atoms with Gasteiger partial charge in [-0.3, -0.25) is 0 Å². The number of fused-ring (bicyclic) bond motifs is 2. The third kappa shape index (κ3) is 1.92. The SMILES string of the molecule is CC(C)n1c(C2Cc3ccccc3N2)nc2ccccc21. The highest BCUT2D eigenvalue weighted by Gasteiger charge is 2.27. The van der Waals surface area contributed by atoms with E-state index in [1.807, 2.05) is 0 Å². The summed E-state index contributed by atoms with van der Waals surface area (Å²) in [6.45, 7) is 4.44. The monoisotopic (exact) mass is 277 g/mol. The zero-order valence-corrected chi connectivity index (χ0v) is 12.4. The van der Waals surface area contributed by atoms with Crippen molar-refractivity contribution in [3.8, 4) is 0 Å². The number of nitrogens with zero attached hydrogens (tertiary/aromatic N) is 2. The molecule has 0 saturated carbocycles. The number of para-hydroxylation sites is 3. The van der Waals surface area contributed by atoms with Crippen molar-refractivity contribution in [2.45, 2.75) is 32.4 Å². The molecule has 3 heteroatoms. The Hall–Kier alpha value is -2.29. The zero-order valence-electron chi connectivity index (χ0n) is 12.4. The number of hydrogen-bond donors (Lipinski definition) is 1. The maximum Gasteiger partial charge on any atom is 0.133 e. The average molecular weight is 277 g/mol. The van der Waals surface area contributed by atoms with Gasteiger partial charge in [-0.1, -0.05) is 30.3 Å². The highest BCUT2D eigenvalue weighted by atomic mass is 15.1. The molecule has 0 spiro atoms. The van der Waals surface area contributed by atoms with Gasteiger partial charge in [-0.25, -0.2) is 4.98 Å². The minimum Gasteiger partial charge on any atom is -0.375 e. The van der Waals surface area contributed by atoms with Crippen LogP contribution in [0.3, 0.4) is 0 Å².